The van der Waals surface area contributed by atoms with Crippen molar-refractivity contribution in [3.8, 4) is 11.1 Å². The average Bonchev–Trinajstić information content (AvgIpc) is 3.19. The third kappa shape index (κ3) is 4.87. The van der Waals surface area contributed by atoms with Gasteiger partial charge in [-0.1, -0.05) is 67.4 Å². The summed E-state index contributed by atoms with van der Waals surface area (Å²) in [7, 11) is 0. The number of hydrogen-bond donors (Lipinski definition) is 1. The average molecular weight is 391 g/mol. The zero-order valence-electron chi connectivity index (χ0n) is 17.0. The lowest BCUT2D eigenvalue weighted by molar-refractivity contribution is -0.133. The monoisotopic (exact) mass is 390 g/mol. The number of carbonyl (C=O) groups excluding carboxylic acids is 2. The first-order chi connectivity index (χ1) is 14.2. The largest absolute Gasteiger partial charge is 0.354 e. The number of amides is 2. The molecule has 152 valence electrons. The Morgan fingerprint density at radius 3 is 2.52 bits per heavy atom. The van der Waals surface area contributed by atoms with E-state index in [-0.39, 0.29) is 17.7 Å². The van der Waals surface area contributed by atoms with Crippen molar-refractivity contribution in [3.05, 3.63) is 60.2 Å². The Kier molecular flexibility index (Phi) is 6.28. The molecule has 1 N–H and O–H groups in total. The van der Waals surface area contributed by atoms with Gasteiger partial charge < -0.3 is 10.2 Å². The van der Waals surface area contributed by atoms with Crippen molar-refractivity contribution in [2.45, 2.75) is 38.5 Å². The molecule has 1 saturated carbocycles. The number of carbonyl (C=O) groups is 2. The second kappa shape index (κ2) is 9.25. The molecule has 2 fully saturated rings. The van der Waals surface area contributed by atoms with E-state index in [0.717, 1.165) is 16.7 Å². The van der Waals surface area contributed by atoms with Crippen molar-refractivity contribution in [1.29, 1.82) is 0 Å². The van der Waals surface area contributed by atoms with Gasteiger partial charge in [0.15, 0.2) is 0 Å². The summed E-state index contributed by atoms with van der Waals surface area (Å²) in [6.07, 6.45) is 6.12. The van der Waals surface area contributed by atoms with Crippen molar-refractivity contribution in [2.24, 2.45) is 11.8 Å². The van der Waals surface area contributed by atoms with E-state index in [1.807, 2.05) is 35.2 Å². The Morgan fingerprint density at radius 1 is 1.00 bits per heavy atom. The third-order valence-electron chi connectivity index (χ3n) is 6.35. The fourth-order valence-electron chi connectivity index (χ4n) is 4.74. The summed E-state index contributed by atoms with van der Waals surface area (Å²) in [6, 6.07) is 18.6. The molecule has 29 heavy (non-hydrogen) atoms. The molecule has 1 saturated heterocycles. The Hall–Kier alpha value is -2.62. The van der Waals surface area contributed by atoms with E-state index in [4.69, 9.17) is 0 Å². The molecule has 2 aliphatic rings. The van der Waals surface area contributed by atoms with Crippen LogP contribution in [0.4, 0.5) is 0 Å². The molecule has 0 radical (unpaired) electrons. The van der Waals surface area contributed by atoms with Gasteiger partial charge in [0.1, 0.15) is 0 Å². The van der Waals surface area contributed by atoms with Gasteiger partial charge in [0.2, 0.25) is 11.8 Å². The lowest BCUT2D eigenvalue weighted by Crippen LogP contribution is -2.38. The molecule has 4 heteroatoms. The summed E-state index contributed by atoms with van der Waals surface area (Å²) in [6.45, 7) is 1.68. The van der Waals surface area contributed by atoms with Crippen molar-refractivity contribution in [1.82, 2.24) is 10.2 Å². The molecule has 1 aliphatic heterocycles. The van der Waals surface area contributed by atoms with E-state index in [1.54, 1.807) is 0 Å². The Morgan fingerprint density at radius 2 is 1.72 bits per heavy atom. The van der Waals surface area contributed by atoms with Crippen LogP contribution in [-0.4, -0.2) is 36.3 Å². The Balaban J connectivity index is 1.50. The van der Waals surface area contributed by atoms with Crippen LogP contribution in [0, 0.1) is 11.8 Å². The van der Waals surface area contributed by atoms with E-state index in [0.29, 0.717) is 38.4 Å². The molecule has 2 aromatic carbocycles. The van der Waals surface area contributed by atoms with E-state index < -0.39 is 0 Å². The zero-order valence-corrected chi connectivity index (χ0v) is 17.0. The molecular weight excluding hydrogens is 360 g/mol. The summed E-state index contributed by atoms with van der Waals surface area (Å²) in [5.74, 6) is 0.598. The first-order valence-corrected chi connectivity index (χ1v) is 10.9. The van der Waals surface area contributed by atoms with Crippen LogP contribution in [0.25, 0.3) is 11.1 Å². The molecule has 1 atom stereocenters. The highest BCUT2D eigenvalue weighted by molar-refractivity contribution is 5.82. The SMILES string of the molecule is O=C1NCCN(C(=O)CC2CCCC2)C[C@H]1Cc1ccccc1-c1ccccc1. The molecule has 0 unspecified atom stereocenters. The quantitative estimate of drug-likeness (QED) is 0.837. The third-order valence-corrected chi connectivity index (χ3v) is 6.35. The fourth-order valence-corrected chi connectivity index (χ4v) is 4.74. The summed E-state index contributed by atoms with van der Waals surface area (Å²) in [5, 5.41) is 3.02. The molecule has 0 bridgehead atoms. The van der Waals surface area contributed by atoms with E-state index in [9.17, 15) is 9.59 Å². The minimum atomic E-state index is -0.213. The van der Waals surface area contributed by atoms with Crippen molar-refractivity contribution >= 4 is 11.8 Å². The van der Waals surface area contributed by atoms with E-state index in [2.05, 4.69) is 29.6 Å². The summed E-state index contributed by atoms with van der Waals surface area (Å²) in [5.41, 5.74) is 3.48. The normalized spacial score (nSPS) is 20.3. The number of nitrogens with zero attached hydrogens (tertiary/aromatic N) is 1. The topological polar surface area (TPSA) is 49.4 Å². The van der Waals surface area contributed by atoms with Crippen LogP contribution < -0.4 is 5.32 Å². The maximum Gasteiger partial charge on any atom is 0.225 e. The van der Waals surface area contributed by atoms with Crippen molar-refractivity contribution in [2.75, 3.05) is 19.6 Å². The zero-order chi connectivity index (χ0) is 20.1. The van der Waals surface area contributed by atoms with Crippen LogP contribution in [0.5, 0.6) is 0 Å². The second-order valence-corrected chi connectivity index (χ2v) is 8.41. The molecule has 2 aromatic rings. The molecule has 4 nitrogen and oxygen atoms in total. The minimum Gasteiger partial charge on any atom is -0.354 e. The van der Waals surface area contributed by atoms with E-state index >= 15 is 0 Å². The Labute approximate surface area is 173 Å². The van der Waals surface area contributed by atoms with Gasteiger partial charge in [0, 0.05) is 26.1 Å². The number of benzene rings is 2. The second-order valence-electron chi connectivity index (χ2n) is 8.41. The highest BCUT2D eigenvalue weighted by atomic mass is 16.2. The molecule has 2 amide bonds. The maximum atomic E-state index is 12.9. The van der Waals surface area contributed by atoms with Crippen LogP contribution in [0.15, 0.2) is 54.6 Å². The van der Waals surface area contributed by atoms with Gasteiger partial charge in [-0.2, -0.15) is 0 Å². The van der Waals surface area contributed by atoms with Gasteiger partial charge >= 0.3 is 0 Å². The minimum absolute atomic E-state index is 0.0593. The van der Waals surface area contributed by atoms with Crippen LogP contribution in [-0.2, 0) is 16.0 Å². The molecule has 1 aliphatic carbocycles. The molecular formula is C25H30N2O2. The first-order valence-electron chi connectivity index (χ1n) is 10.9. The summed E-state index contributed by atoms with van der Waals surface area (Å²) in [4.78, 5) is 27.5. The van der Waals surface area contributed by atoms with Crippen molar-refractivity contribution < 1.29 is 9.59 Å². The number of rotatable bonds is 5. The predicted molar refractivity (Wildman–Crippen MR) is 115 cm³/mol. The van der Waals surface area contributed by atoms with Gasteiger partial charge in [0.05, 0.1) is 5.92 Å². The first kappa shape index (κ1) is 19.7. The molecule has 1 heterocycles. The fraction of sp³-hybridized carbons (Fsp3) is 0.440. The van der Waals surface area contributed by atoms with Crippen LogP contribution in [0.1, 0.15) is 37.7 Å². The van der Waals surface area contributed by atoms with Crippen LogP contribution >= 0.6 is 0 Å². The lowest BCUT2D eigenvalue weighted by Gasteiger charge is -2.25. The maximum absolute atomic E-state index is 12.9. The van der Waals surface area contributed by atoms with Crippen LogP contribution in [0.2, 0.25) is 0 Å². The van der Waals surface area contributed by atoms with Gasteiger partial charge in [-0.05, 0) is 41.9 Å². The van der Waals surface area contributed by atoms with Gasteiger partial charge in [-0.3, -0.25) is 9.59 Å². The van der Waals surface area contributed by atoms with Gasteiger partial charge in [-0.25, -0.2) is 0 Å². The number of hydrogen-bond acceptors (Lipinski definition) is 2. The van der Waals surface area contributed by atoms with Crippen molar-refractivity contribution in [3.63, 3.8) is 0 Å². The van der Waals surface area contributed by atoms with E-state index in [1.165, 1.54) is 25.7 Å². The molecule has 0 aromatic heterocycles. The van der Waals surface area contributed by atoms with Crippen LogP contribution in [0.3, 0.4) is 0 Å². The molecule has 4 rings (SSSR count). The Bertz CT molecular complexity index is 843. The standard InChI is InChI=1S/C25H30N2O2/c28-24(16-19-8-4-5-9-19)27-15-14-26-25(29)22(18-27)17-21-12-6-7-13-23(21)20-10-2-1-3-11-20/h1-3,6-7,10-13,19,22H,4-5,8-9,14-18H2,(H,26,29)/t22-/m1/s1. The number of nitrogens with one attached hydrogen (secondary N) is 1. The highest BCUT2D eigenvalue weighted by Crippen LogP contribution is 2.29. The molecule has 0 spiro atoms. The summed E-state index contributed by atoms with van der Waals surface area (Å²) < 4.78 is 0. The van der Waals surface area contributed by atoms with Gasteiger partial charge in [0.25, 0.3) is 0 Å². The smallest absolute Gasteiger partial charge is 0.225 e. The lowest BCUT2D eigenvalue weighted by atomic mass is 9.91. The highest BCUT2D eigenvalue weighted by Gasteiger charge is 2.30. The van der Waals surface area contributed by atoms with Gasteiger partial charge in [-0.15, -0.1) is 0 Å². The predicted octanol–water partition coefficient (Wildman–Crippen LogP) is 4.05. The summed E-state index contributed by atoms with van der Waals surface area (Å²) >= 11 is 0.